The van der Waals surface area contributed by atoms with Crippen molar-refractivity contribution < 1.29 is 13.2 Å². The van der Waals surface area contributed by atoms with Crippen molar-refractivity contribution >= 4 is 10.0 Å². The highest BCUT2D eigenvalue weighted by Gasteiger charge is 2.42. The fourth-order valence-electron chi connectivity index (χ4n) is 3.95. The first-order valence-corrected chi connectivity index (χ1v) is 9.03. The molecule has 1 aliphatic carbocycles. The van der Waals surface area contributed by atoms with E-state index in [2.05, 4.69) is 0 Å². The average Bonchev–Trinajstić information content (AvgIpc) is 2.98. The van der Waals surface area contributed by atoms with Crippen LogP contribution in [0.5, 0.6) is 5.75 Å². The molecule has 1 aliphatic heterocycles. The molecular formula is C16H23NO3S. The van der Waals surface area contributed by atoms with Gasteiger partial charge in [0.1, 0.15) is 5.75 Å². The third-order valence-electron chi connectivity index (χ3n) is 4.96. The lowest BCUT2D eigenvalue weighted by molar-refractivity contribution is 0.413. The van der Waals surface area contributed by atoms with Gasteiger partial charge in [0.15, 0.2) is 0 Å². The Morgan fingerprint density at radius 3 is 2.10 bits per heavy atom. The Labute approximate surface area is 127 Å². The zero-order valence-corrected chi connectivity index (χ0v) is 13.7. The van der Waals surface area contributed by atoms with Crippen LogP contribution < -0.4 is 4.74 Å². The van der Waals surface area contributed by atoms with Crippen LogP contribution in [0.4, 0.5) is 0 Å². The molecule has 21 heavy (non-hydrogen) atoms. The van der Waals surface area contributed by atoms with Crippen LogP contribution in [0.3, 0.4) is 0 Å². The van der Waals surface area contributed by atoms with Gasteiger partial charge in [0.05, 0.1) is 12.0 Å². The Morgan fingerprint density at radius 2 is 1.62 bits per heavy atom. The van der Waals surface area contributed by atoms with Gasteiger partial charge in [0.2, 0.25) is 10.0 Å². The van der Waals surface area contributed by atoms with Crippen molar-refractivity contribution in [3.8, 4) is 5.75 Å². The number of fused-ring (bicyclic) bond motifs is 1. The number of sulfonamides is 1. The molecule has 2 aliphatic rings. The van der Waals surface area contributed by atoms with Gasteiger partial charge in [-0.2, -0.15) is 4.31 Å². The molecule has 0 radical (unpaired) electrons. The largest absolute Gasteiger partial charge is 0.497 e. The van der Waals surface area contributed by atoms with Gasteiger partial charge >= 0.3 is 0 Å². The number of nitrogens with zero attached hydrogens (tertiary/aromatic N) is 1. The van der Waals surface area contributed by atoms with E-state index < -0.39 is 10.0 Å². The summed E-state index contributed by atoms with van der Waals surface area (Å²) in [7, 11) is -1.79. The summed E-state index contributed by atoms with van der Waals surface area (Å²) < 4.78 is 32.9. The maximum Gasteiger partial charge on any atom is 0.243 e. The lowest BCUT2D eigenvalue weighted by atomic mass is 10.0. The zero-order chi connectivity index (χ0) is 15.2. The summed E-state index contributed by atoms with van der Waals surface area (Å²) in [5, 5.41) is 0. The minimum atomic E-state index is -3.39. The van der Waals surface area contributed by atoms with E-state index in [1.165, 1.54) is 19.3 Å². The SMILES string of the molecule is COc1cc(C)c(S(=O)(=O)N2CC3CCCC3C2)c(C)c1. The molecule has 0 bridgehead atoms. The molecule has 2 atom stereocenters. The summed E-state index contributed by atoms with van der Waals surface area (Å²) in [5.74, 6) is 1.85. The Hall–Kier alpha value is -1.07. The van der Waals surface area contributed by atoms with Crippen molar-refractivity contribution in [2.24, 2.45) is 11.8 Å². The molecular weight excluding hydrogens is 286 g/mol. The van der Waals surface area contributed by atoms with Crippen LogP contribution in [0.15, 0.2) is 17.0 Å². The van der Waals surface area contributed by atoms with Crippen molar-refractivity contribution in [2.75, 3.05) is 20.2 Å². The van der Waals surface area contributed by atoms with Gasteiger partial charge in [-0.25, -0.2) is 8.42 Å². The fourth-order valence-corrected chi connectivity index (χ4v) is 5.92. The normalized spacial score (nSPS) is 26.0. The number of ether oxygens (including phenoxy) is 1. The van der Waals surface area contributed by atoms with E-state index in [0.717, 1.165) is 11.1 Å². The van der Waals surface area contributed by atoms with Crippen LogP contribution in [0, 0.1) is 25.7 Å². The smallest absolute Gasteiger partial charge is 0.243 e. The number of methoxy groups -OCH3 is 1. The highest BCUT2D eigenvalue weighted by molar-refractivity contribution is 7.89. The molecule has 2 fully saturated rings. The zero-order valence-electron chi connectivity index (χ0n) is 12.9. The van der Waals surface area contributed by atoms with Gasteiger partial charge in [0, 0.05) is 13.1 Å². The lowest BCUT2D eigenvalue weighted by Gasteiger charge is -2.20. The summed E-state index contributed by atoms with van der Waals surface area (Å²) in [5.41, 5.74) is 1.54. The third kappa shape index (κ3) is 2.46. The minimum Gasteiger partial charge on any atom is -0.497 e. The minimum absolute atomic E-state index is 0.461. The molecule has 3 rings (SSSR count). The van der Waals surface area contributed by atoms with Gasteiger partial charge in [-0.05, 0) is 61.8 Å². The van der Waals surface area contributed by atoms with Crippen molar-refractivity contribution in [1.29, 1.82) is 0 Å². The summed E-state index contributed by atoms with van der Waals surface area (Å²) in [6, 6.07) is 3.60. The first-order valence-electron chi connectivity index (χ1n) is 7.59. The van der Waals surface area contributed by atoms with Crippen molar-refractivity contribution in [3.05, 3.63) is 23.3 Å². The molecule has 5 heteroatoms. The van der Waals surface area contributed by atoms with E-state index in [9.17, 15) is 8.42 Å². The number of hydrogen-bond acceptors (Lipinski definition) is 3. The second-order valence-corrected chi connectivity index (χ2v) is 8.24. The summed E-state index contributed by atoms with van der Waals surface area (Å²) >= 11 is 0. The summed E-state index contributed by atoms with van der Waals surface area (Å²) in [4.78, 5) is 0.461. The van der Waals surface area contributed by atoms with E-state index in [4.69, 9.17) is 4.74 Å². The second kappa shape index (κ2) is 5.29. The maximum atomic E-state index is 13.0. The molecule has 116 valence electrons. The number of aryl methyl sites for hydroxylation is 2. The topological polar surface area (TPSA) is 46.6 Å². The fraction of sp³-hybridized carbons (Fsp3) is 0.625. The van der Waals surface area contributed by atoms with Crippen LogP contribution in [0.2, 0.25) is 0 Å². The number of hydrogen-bond donors (Lipinski definition) is 0. The van der Waals surface area contributed by atoms with Crippen LogP contribution >= 0.6 is 0 Å². The summed E-state index contributed by atoms with van der Waals surface area (Å²) in [6.07, 6.45) is 3.61. The van der Waals surface area contributed by atoms with E-state index in [-0.39, 0.29) is 0 Å². The maximum absolute atomic E-state index is 13.0. The van der Waals surface area contributed by atoms with Crippen LogP contribution in [-0.2, 0) is 10.0 Å². The van der Waals surface area contributed by atoms with E-state index in [1.54, 1.807) is 23.5 Å². The summed E-state index contributed by atoms with van der Waals surface area (Å²) in [6.45, 7) is 5.08. The predicted octanol–water partition coefficient (Wildman–Crippen LogP) is 2.73. The Morgan fingerprint density at radius 1 is 1.10 bits per heavy atom. The molecule has 2 unspecified atom stereocenters. The molecule has 1 saturated heterocycles. The third-order valence-corrected chi connectivity index (χ3v) is 7.10. The molecule has 0 amide bonds. The van der Waals surface area contributed by atoms with Crippen LogP contribution in [0.1, 0.15) is 30.4 Å². The number of rotatable bonds is 3. The Balaban J connectivity index is 1.96. The van der Waals surface area contributed by atoms with Crippen LogP contribution in [-0.4, -0.2) is 32.9 Å². The van der Waals surface area contributed by atoms with Gasteiger partial charge < -0.3 is 4.74 Å². The van der Waals surface area contributed by atoms with Crippen molar-refractivity contribution in [1.82, 2.24) is 4.31 Å². The molecule has 4 nitrogen and oxygen atoms in total. The van der Waals surface area contributed by atoms with Crippen LogP contribution in [0.25, 0.3) is 0 Å². The first-order chi connectivity index (χ1) is 9.93. The molecule has 1 aromatic carbocycles. The van der Waals surface area contributed by atoms with Gasteiger partial charge in [-0.15, -0.1) is 0 Å². The molecule has 0 spiro atoms. The van der Waals surface area contributed by atoms with Gasteiger partial charge in [0.25, 0.3) is 0 Å². The molecule has 1 saturated carbocycles. The quantitative estimate of drug-likeness (QED) is 0.862. The average molecular weight is 309 g/mol. The molecule has 0 N–H and O–H groups in total. The predicted molar refractivity (Wildman–Crippen MR) is 82.1 cm³/mol. The highest BCUT2D eigenvalue weighted by Crippen LogP contribution is 2.40. The highest BCUT2D eigenvalue weighted by atomic mass is 32.2. The van der Waals surface area contributed by atoms with E-state index in [0.29, 0.717) is 35.6 Å². The van der Waals surface area contributed by atoms with E-state index in [1.807, 2.05) is 13.8 Å². The lowest BCUT2D eigenvalue weighted by Crippen LogP contribution is -2.30. The molecule has 1 heterocycles. The Kier molecular flexibility index (Phi) is 3.74. The van der Waals surface area contributed by atoms with Crippen molar-refractivity contribution in [2.45, 2.75) is 38.0 Å². The molecule has 0 aromatic heterocycles. The second-order valence-electron chi connectivity index (χ2n) is 6.36. The molecule has 1 aromatic rings. The first kappa shape index (κ1) is 14.9. The van der Waals surface area contributed by atoms with Crippen molar-refractivity contribution in [3.63, 3.8) is 0 Å². The standard InChI is InChI=1S/C16H23NO3S/c1-11-7-15(20-3)8-12(2)16(11)21(18,19)17-9-13-5-4-6-14(13)10-17/h7-8,13-14H,4-6,9-10H2,1-3H3. The van der Waals surface area contributed by atoms with Gasteiger partial charge in [-0.1, -0.05) is 6.42 Å². The van der Waals surface area contributed by atoms with E-state index >= 15 is 0 Å². The number of benzene rings is 1. The monoisotopic (exact) mass is 309 g/mol. The Bertz CT molecular complexity index is 618. The van der Waals surface area contributed by atoms with Gasteiger partial charge in [-0.3, -0.25) is 0 Å².